The largest absolute Gasteiger partial charge is 0.479 e. The Bertz CT molecular complexity index is 1110. The SMILES string of the molecule is C[C@H]1Oc2ccc(NC(=O)c3nc(NCc4ccccc4)ncc3Cl)cc2NC1=O. The van der Waals surface area contributed by atoms with Gasteiger partial charge < -0.3 is 20.7 Å². The molecule has 9 heteroatoms. The van der Waals surface area contributed by atoms with Gasteiger partial charge >= 0.3 is 0 Å². The summed E-state index contributed by atoms with van der Waals surface area (Å²) < 4.78 is 5.51. The minimum atomic E-state index is -0.570. The molecule has 0 saturated carbocycles. The number of aromatic nitrogens is 2. The zero-order chi connectivity index (χ0) is 21.1. The molecule has 1 atom stereocenters. The smallest absolute Gasteiger partial charge is 0.276 e. The minimum Gasteiger partial charge on any atom is -0.479 e. The third kappa shape index (κ3) is 4.33. The van der Waals surface area contributed by atoms with E-state index in [0.29, 0.717) is 23.7 Å². The molecule has 0 radical (unpaired) electrons. The first-order valence-electron chi connectivity index (χ1n) is 9.23. The summed E-state index contributed by atoms with van der Waals surface area (Å²) >= 11 is 6.13. The monoisotopic (exact) mass is 423 g/mol. The predicted molar refractivity (Wildman–Crippen MR) is 114 cm³/mol. The number of anilines is 3. The van der Waals surface area contributed by atoms with Gasteiger partial charge in [-0.05, 0) is 30.7 Å². The van der Waals surface area contributed by atoms with Gasteiger partial charge in [0.25, 0.3) is 11.8 Å². The number of fused-ring (bicyclic) bond motifs is 1. The predicted octanol–water partition coefficient (Wildman–Crippen LogP) is 3.71. The quantitative estimate of drug-likeness (QED) is 0.577. The minimum absolute atomic E-state index is 0.0360. The molecule has 0 bridgehead atoms. The van der Waals surface area contributed by atoms with Crippen molar-refractivity contribution < 1.29 is 14.3 Å². The summed E-state index contributed by atoms with van der Waals surface area (Å²) in [5, 5.41) is 8.67. The fourth-order valence-corrected chi connectivity index (χ4v) is 3.04. The molecule has 1 aliphatic heterocycles. The fourth-order valence-electron chi connectivity index (χ4n) is 2.87. The third-order valence-corrected chi connectivity index (χ3v) is 4.70. The van der Waals surface area contributed by atoms with Crippen LogP contribution in [0.4, 0.5) is 17.3 Å². The molecule has 1 aromatic heterocycles. The zero-order valence-corrected chi connectivity index (χ0v) is 16.7. The van der Waals surface area contributed by atoms with Gasteiger partial charge in [0, 0.05) is 12.2 Å². The molecule has 2 heterocycles. The third-order valence-electron chi connectivity index (χ3n) is 4.42. The van der Waals surface area contributed by atoms with Crippen molar-refractivity contribution in [1.82, 2.24) is 9.97 Å². The highest BCUT2D eigenvalue weighted by molar-refractivity contribution is 6.34. The van der Waals surface area contributed by atoms with Crippen molar-refractivity contribution in [3.63, 3.8) is 0 Å². The number of rotatable bonds is 5. The van der Waals surface area contributed by atoms with Crippen LogP contribution in [0.3, 0.4) is 0 Å². The lowest BCUT2D eigenvalue weighted by molar-refractivity contribution is -0.122. The van der Waals surface area contributed by atoms with Gasteiger partial charge in [-0.3, -0.25) is 9.59 Å². The van der Waals surface area contributed by atoms with Crippen LogP contribution in [0.1, 0.15) is 23.0 Å². The summed E-state index contributed by atoms with van der Waals surface area (Å²) in [6.07, 6.45) is 0.804. The van der Waals surface area contributed by atoms with E-state index in [-0.39, 0.29) is 22.6 Å². The number of amides is 2. The molecular weight excluding hydrogens is 406 g/mol. The fraction of sp³-hybridized carbons (Fsp3) is 0.143. The van der Waals surface area contributed by atoms with E-state index in [0.717, 1.165) is 5.56 Å². The van der Waals surface area contributed by atoms with Crippen LogP contribution < -0.4 is 20.7 Å². The topological polar surface area (TPSA) is 105 Å². The average Bonchev–Trinajstić information content (AvgIpc) is 2.75. The molecule has 1 aliphatic rings. The maximum absolute atomic E-state index is 12.7. The number of nitrogens with zero attached hydrogens (tertiary/aromatic N) is 2. The molecular formula is C21H18ClN5O3. The van der Waals surface area contributed by atoms with E-state index in [9.17, 15) is 9.59 Å². The number of hydrogen-bond donors (Lipinski definition) is 3. The zero-order valence-electron chi connectivity index (χ0n) is 16.0. The Balaban J connectivity index is 1.48. The normalized spacial score (nSPS) is 14.9. The lowest BCUT2D eigenvalue weighted by Gasteiger charge is -2.23. The van der Waals surface area contributed by atoms with Gasteiger partial charge in [0.05, 0.1) is 16.9 Å². The van der Waals surface area contributed by atoms with Crippen molar-refractivity contribution in [1.29, 1.82) is 0 Å². The number of halogens is 1. The maximum atomic E-state index is 12.7. The molecule has 0 saturated heterocycles. The molecule has 2 amide bonds. The number of carbonyl (C=O) groups is 2. The summed E-state index contributed by atoms with van der Waals surface area (Å²) in [7, 11) is 0. The Morgan fingerprint density at radius 2 is 2.03 bits per heavy atom. The number of hydrogen-bond acceptors (Lipinski definition) is 6. The van der Waals surface area contributed by atoms with Gasteiger partial charge in [-0.15, -0.1) is 0 Å². The molecule has 30 heavy (non-hydrogen) atoms. The first kappa shape index (κ1) is 19.7. The summed E-state index contributed by atoms with van der Waals surface area (Å²) in [6.45, 7) is 2.17. The number of ether oxygens (including phenoxy) is 1. The van der Waals surface area contributed by atoms with Crippen molar-refractivity contribution in [2.24, 2.45) is 0 Å². The van der Waals surface area contributed by atoms with Crippen LogP contribution in [-0.4, -0.2) is 27.9 Å². The van der Waals surface area contributed by atoms with Crippen LogP contribution in [0, 0.1) is 0 Å². The molecule has 2 aromatic carbocycles. The second-order valence-corrected chi connectivity index (χ2v) is 7.05. The summed E-state index contributed by atoms with van der Waals surface area (Å²) in [4.78, 5) is 32.9. The Labute approximate surface area is 177 Å². The molecule has 3 N–H and O–H groups in total. The number of carbonyl (C=O) groups excluding carboxylic acids is 2. The molecule has 0 unspecified atom stereocenters. The van der Waals surface area contributed by atoms with E-state index in [1.807, 2.05) is 30.3 Å². The van der Waals surface area contributed by atoms with Crippen molar-refractivity contribution in [2.45, 2.75) is 19.6 Å². The van der Waals surface area contributed by atoms with Gasteiger partial charge in [0.2, 0.25) is 5.95 Å². The molecule has 3 aromatic rings. The molecule has 0 aliphatic carbocycles. The Morgan fingerprint density at radius 3 is 2.83 bits per heavy atom. The van der Waals surface area contributed by atoms with E-state index in [4.69, 9.17) is 16.3 Å². The first-order valence-corrected chi connectivity index (χ1v) is 9.60. The van der Waals surface area contributed by atoms with E-state index >= 15 is 0 Å². The van der Waals surface area contributed by atoms with Crippen LogP contribution in [0.15, 0.2) is 54.7 Å². The highest BCUT2D eigenvalue weighted by atomic mass is 35.5. The number of nitrogens with one attached hydrogen (secondary N) is 3. The average molecular weight is 424 g/mol. The summed E-state index contributed by atoms with van der Waals surface area (Å²) in [5.41, 5.74) is 2.03. The van der Waals surface area contributed by atoms with Crippen molar-refractivity contribution in [3.8, 4) is 5.75 Å². The number of benzene rings is 2. The van der Waals surface area contributed by atoms with Gasteiger partial charge in [0.1, 0.15) is 5.75 Å². The van der Waals surface area contributed by atoms with Crippen LogP contribution in [0.25, 0.3) is 0 Å². The van der Waals surface area contributed by atoms with Gasteiger partial charge in [-0.2, -0.15) is 0 Å². The molecule has 0 fully saturated rings. The Morgan fingerprint density at radius 1 is 1.23 bits per heavy atom. The Kier molecular flexibility index (Phi) is 5.49. The molecule has 8 nitrogen and oxygen atoms in total. The second kappa shape index (κ2) is 8.38. The molecule has 4 rings (SSSR count). The first-order chi connectivity index (χ1) is 14.5. The second-order valence-electron chi connectivity index (χ2n) is 6.64. The van der Waals surface area contributed by atoms with Gasteiger partial charge in [-0.1, -0.05) is 41.9 Å². The van der Waals surface area contributed by atoms with Crippen molar-refractivity contribution in [3.05, 3.63) is 71.0 Å². The Hall–Kier alpha value is -3.65. The standard InChI is InChI=1S/C21H18ClN5O3/c1-12-19(28)26-16-9-14(7-8-17(16)30-12)25-20(29)18-15(22)11-24-21(27-18)23-10-13-5-3-2-4-6-13/h2-9,11-12H,10H2,1H3,(H,25,29)(H,26,28)(H,23,24,27)/t12-/m1/s1. The van der Waals surface area contributed by atoms with Crippen molar-refractivity contribution in [2.75, 3.05) is 16.0 Å². The molecule has 0 spiro atoms. The summed E-state index contributed by atoms with van der Waals surface area (Å²) in [6, 6.07) is 14.7. The maximum Gasteiger partial charge on any atom is 0.276 e. The van der Waals surface area contributed by atoms with Crippen LogP contribution in [-0.2, 0) is 11.3 Å². The van der Waals surface area contributed by atoms with Crippen LogP contribution >= 0.6 is 11.6 Å². The van der Waals surface area contributed by atoms with E-state index in [1.54, 1.807) is 25.1 Å². The van der Waals surface area contributed by atoms with Crippen molar-refractivity contribution >= 4 is 40.7 Å². The van der Waals surface area contributed by atoms with E-state index in [1.165, 1.54) is 6.20 Å². The molecule has 152 valence electrons. The highest BCUT2D eigenvalue weighted by Crippen LogP contribution is 2.32. The highest BCUT2D eigenvalue weighted by Gasteiger charge is 2.24. The lowest BCUT2D eigenvalue weighted by Crippen LogP contribution is -2.34. The van der Waals surface area contributed by atoms with Gasteiger partial charge in [-0.25, -0.2) is 9.97 Å². The lowest BCUT2D eigenvalue weighted by atomic mass is 10.2. The van der Waals surface area contributed by atoms with Crippen LogP contribution in [0.2, 0.25) is 5.02 Å². The van der Waals surface area contributed by atoms with E-state index in [2.05, 4.69) is 25.9 Å². The summed E-state index contributed by atoms with van der Waals surface area (Å²) in [5.74, 6) is 0.0709. The van der Waals surface area contributed by atoms with Gasteiger partial charge in [0.15, 0.2) is 11.8 Å². The van der Waals surface area contributed by atoms with E-state index < -0.39 is 12.0 Å². The van der Waals surface area contributed by atoms with Crippen LogP contribution in [0.5, 0.6) is 5.75 Å².